The van der Waals surface area contributed by atoms with Crippen molar-refractivity contribution in [3.8, 4) is 0 Å². The van der Waals surface area contributed by atoms with E-state index in [9.17, 15) is 4.39 Å². The van der Waals surface area contributed by atoms with Crippen LogP contribution in [0.25, 0.3) is 0 Å². The lowest BCUT2D eigenvalue weighted by Crippen LogP contribution is -2.02. The van der Waals surface area contributed by atoms with E-state index in [1.807, 2.05) is 29.8 Å². The van der Waals surface area contributed by atoms with Crippen LogP contribution in [0.2, 0.25) is 0 Å². The smallest absolute Gasteiger partial charge is 0.146 e. The van der Waals surface area contributed by atoms with Gasteiger partial charge >= 0.3 is 0 Å². The molecule has 0 unspecified atom stereocenters. The maximum atomic E-state index is 13.2. The Kier molecular flexibility index (Phi) is 2.31. The van der Waals surface area contributed by atoms with Gasteiger partial charge in [-0.2, -0.15) is 0 Å². The van der Waals surface area contributed by atoms with Crippen LogP contribution in [0.5, 0.6) is 0 Å². The third kappa shape index (κ3) is 1.66. The molecule has 2 rings (SSSR count). The Morgan fingerprint density at radius 1 is 1.43 bits per heavy atom. The largest absolute Gasteiger partial charge is 0.347 e. The summed E-state index contributed by atoms with van der Waals surface area (Å²) in [6.07, 6.45) is 4.79. The molecular weight excluding hydrogens is 179 g/mol. The van der Waals surface area contributed by atoms with Crippen molar-refractivity contribution in [1.82, 2.24) is 9.55 Å². The summed E-state index contributed by atoms with van der Waals surface area (Å²) >= 11 is 0. The fraction of sp³-hybridized carbons (Fsp3) is 0.182. The highest BCUT2D eigenvalue weighted by molar-refractivity contribution is 5.15. The minimum atomic E-state index is -0.249. The van der Waals surface area contributed by atoms with Gasteiger partial charge in [0.15, 0.2) is 0 Å². The van der Waals surface area contributed by atoms with E-state index >= 15 is 0 Å². The normalized spacial score (nSPS) is 10.4. The van der Waals surface area contributed by atoms with Crippen molar-refractivity contribution in [2.45, 2.75) is 13.5 Å². The van der Waals surface area contributed by atoms with Gasteiger partial charge in [-0.15, -0.1) is 0 Å². The van der Waals surface area contributed by atoms with Crippen molar-refractivity contribution in [2.24, 2.45) is 0 Å². The molecule has 0 atom stereocenters. The number of rotatable bonds is 2. The summed E-state index contributed by atoms with van der Waals surface area (Å²) in [4.78, 5) is 3.71. The fourth-order valence-corrected chi connectivity index (χ4v) is 1.39. The number of pyridine rings is 1. The minimum Gasteiger partial charge on any atom is -0.347 e. The molecule has 0 aromatic carbocycles. The zero-order valence-electron chi connectivity index (χ0n) is 7.94. The Morgan fingerprint density at radius 3 is 2.93 bits per heavy atom. The number of hydrogen-bond donors (Lipinski definition) is 0. The first-order valence-electron chi connectivity index (χ1n) is 4.47. The van der Waals surface area contributed by atoms with Crippen LogP contribution < -0.4 is 0 Å². The lowest BCUT2D eigenvalue weighted by Gasteiger charge is -2.06. The molecule has 0 radical (unpaired) electrons. The first-order chi connectivity index (χ1) is 6.77. The second-order valence-electron chi connectivity index (χ2n) is 3.24. The number of aromatic nitrogens is 2. The van der Waals surface area contributed by atoms with Gasteiger partial charge in [0.1, 0.15) is 5.82 Å². The Balaban J connectivity index is 2.28. The molecule has 3 heteroatoms. The van der Waals surface area contributed by atoms with Crippen LogP contribution in [-0.4, -0.2) is 9.55 Å². The number of nitrogens with zero attached hydrogens (tertiary/aromatic N) is 2. The van der Waals surface area contributed by atoms with Crippen molar-refractivity contribution in [2.75, 3.05) is 0 Å². The summed E-state index contributed by atoms with van der Waals surface area (Å²) in [6, 6.07) is 5.66. The highest BCUT2D eigenvalue weighted by Crippen LogP contribution is 2.09. The summed E-state index contributed by atoms with van der Waals surface area (Å²) in [5.41, 5.74) is 1.79. The molecule has 0 aliphatic heterocycles. The molecule has 2 aromatic heterocycles. The van der Waals surface area contributed by atoms with E-state index in [2.05, 4.69) is 4.98 Å². The quantitative estimate of drug-likeness (QED) is 0.711. The third-order valence-corrected chi connectivity index (χ3v) is 2.25. The van der Waals surface area contributed by atoms with Crippen molar-refractivity contribution >= 4 is 0 Å². The maximum Gasteiger partial charge on any atom is 0.146 e. The van der Waals surface area contributed by atoms with Crippen LogP contribution in [0, 0.1) is 12.7 Å². The van der Waals surface area contributed by atoms with Gasteiger partial charge < -0.3 is 4.57 Å². The highest BCUT2D eigenvalue weighted by atomic mass is 19.1. The van der Waals surface area contributed by atoms with Crippen molar-refractivity contribution in [3.63, 3.8) is 0 Å². The number of halogens is 1. The lowest BCUT2D eigenvalue weighted by atomic mass is 10.2. The zero-order chi connectivity index (χ0) is 9.97. The summed E-state index contributed by atoms with van der Waals surface area (Å²) in [6.45, 7) is 2.56. The first-order valence-corrected chi connectivity index (χ1v) is 4.47. The lowest BCUT2D eigenvalue weighted by molar-refractivity contribution is 0.592. The first kappa shape index (κ1) is 8.94. The van der Waals surface area contributed by atoms with Gasteiger partial charge in [-0.25, -0.2) is 4.39 Å². The third-order valence-electron chi connectivity index (χ3n) is 2.25. The molecule has 2 aromatic rings. The van der Waals surface area contributed by atoms with Gasteiger partial charge in [-0.05, 0) is 25.1 Å². The molecule has 2 nitrogen and oxygen atoms in total. The second kappa shape index (κ2) is 3.62. The molecule has 0 N–H and O–H groups in total. The molecule has 0 aliphatic carbocycles. The van der Waals surface area contributed by atoms with Crippen LogP contribution in [0.15, 0.2) is 36.8 Å². The second-order valence-corrected chi connectivity index (χ2v) is 3.24. The van der Waals surface area contributed by atoms with E-state index in [1.54, 1.807) is 12.3 Å². The van der Waals surface area contributed by atoms with Crippen molar-refractivity contribution in [3.05, 3.63) is 53.9 Å². The summed E-state index contributed by atoms with van der Waals surface area (Å²) in [5.74, 6) is -0.249. The monoisotopic (exact) mass is 190 g/mol. The molecule has 0 aliphatic rings. The standard InChI is InChI=1S/C11H11FN2/c1-9-3-2-6-14(9)8-10-4-5-13-7-11(10)12/h2-7H,8H2,1H3. The molecule has 0 fully saturated rings. The highest BCUT2D eigenvalue weighted by Gasteiger charge is 2.02. The van der Waals surface area contributed by atoms with E-state index in [1.165, 1.54) is 6.20 Å². The summed E-state index contributed by atoms with van der Waals surface area (Å²) in [5, 5.41) is 0. The van der Waals surface area contributed by atoms with E-state index in [0.717, 1.165) is 5.69 Å². The molecular formula is C11H11FN2. The molecule has 0 bridgehead atoms. The fourth-order valence-electron chi connectivity index (χ4n) is 1.39. The average molecular weight is 190 g/mol. The van der Waals surface area contributed by atoms with E-state index in [-0.39, 0.29) is 5.82 Å². The Hall–Kier alpha value is -1.64. The maximum absolute atomic E-state index is 13.2. The molecule has 0 spiro atoms. The van der Waals surface area contributed by atoms with Gasteiger partial charge in [-0.3, -0.25) is 4.98 Å². The minimum absolute atomic E-state index is 0.249. The van der Waals surface area contributed by atoms with Gasteiger partial charge in [-0.1, -0.05) is 0 Å². The topological polar surface area (TPSA) is 17.8 Å². The molecule has 72 valence electrons. The van der Waals surface area contributed by atoms with Crippen molar-refractivity contribution < 1.29 is 4.39 Å². The molecule has 14 heavy (non-hydrogen) atoms. The Bertz CT molecular complexity index is 434. The summed E-state index contributed by atoms with van der Waals surface area (Å²) in [7, 11) is 0. The number of hydrogen-bond acceptors (Lipinski definition) is 1. The SMILES string of the molecule is Cc1cccn1Cc1ccncc1F. The van der Waals surface area contributed by atoms with Gasteiger partial charge in [0.25, 0.3) is 0 Å². The van der Waals surface area contributed by atoms with E-state index in [0.29, 0.717) is 12.1 Å². The van der Waals surface area contributed by atoms with Gasteiger partial charge in [0.05, 0.1) is 12.7 Å². The van der Waals surface area contributed by atoms with E-state index in [4.69, 9.17) is 0 Å². The Labute approximate surface area is 82.0 Å². The average Bonchev–Trinajstić information content (AvgIpc) is 2.56. The van der Waals surface area contributed by atoms with Crippen LogP contribution in [-0.2, 0) is 6.54 Å². The van der Waals surface area contributed by atoms with Gasteiger partial charge in [0.2, 0.25) is 0 Å². The predicted molar refractivity (Wildman–Crippen MR) is 52.5 cm³/mol. The molecule has 0 saturated carbocycles. The van der Waals surface area contributed by atoms with Crippen LogP contribution in [0.3, 0.4) is 0 Å². The molecule has 2 heterocycles. The van der Waals surface area contributed by atoms with Crippen LogP contribution >= 0.6 is 0 Å². The molecule has 0 amide bonds. The molecule has 0 saturated heterocycles. The number of aryl methyl sites for hydroxylation is 1. The van der Waals surface area contributed by atoms with Crippen LogP contribution in [0.1, 0.15) is 11.3 Å². The zero-order valence-corrected chi connectivity index (χ0v) is 7.94. The van der Waals surface area contributed by atoms with E-state index < -0.39 is 0 Å². The van der Waals surface area contributed by atoms with Gasteiger partial charge in [0, 0.05) is 23.7 Å². The summed E-state index contributed by atoms with van der Waals surface area (Å²) < 4.78 is 15.2. The van der Waals surface area contributed by atoms with Crippen LogP contribution in [0.4, 0.5) is 4.39 Å². The predicted octanol–water partition coefficient (Wildman–Crippen LogP) is 2.38. The van der Waals surface area contributed by atoms with Crippen molar-refractivity contribution in [1.29, 1.82) is 0 Å². The Morgan fingerprint density at radius 2 is 2.29 bits per heavy atom.